The first-order valence-corrected chi connectivity index (χ1v) is 5.82. The third-order valence-electron chi connectivity index (χ3n) is 2.35. The lowest BCUT2D eigenvalue weighted by Crippen LogP contribution is -2.06. The Bertz CT molecular complexity index is 597. The van der Waals surface area contributed by atoms with E-state index in [0.29, 0.717) is 10.9 Å². The van der Waals surface area contributed by atoms with E-state index in [0.717, 1.165) is 11.1 Å². The number of hydrogen-bond donors (Lipinski definition) is 1. The van der Waals surface area contributed by atoms with Crippen LogP contribution in [0.4, 0.5) is 0 Å². The number of carboxylic acids is 1. The molecule has 0 aliphatic heterocycles. The minimum absolute atomic E-state index is 0.0427. The number of aliphatic carboxylic acids is 1. The molecule has 0 amide bonds. The second-order valence-electron chi connectivity index (χ2n) is 3.85. The van der Waals surface area contributed by atoms with Crippen LogP contribution >= 0.6 is 11.6 Å². The van der Waals surface area contributed by atoms with Gasteiger partial charge in [-0.2, -0.15) is 0 Å². The summed E-state index contributed by atoms with van der Waals surface area (Å²) in [5.41, 5.74) is 1.69. The largest absolute Gasteiger partial charge is 0.480 e. The van der Waals surface area contributed by atoms with Crippen LogP contribution in [0.25, 0.3) is 11.5 Å². The van der Waals surface area contributed by atoms with Crippen LogP contribution in [-0.2, 0) is 16.1 Å². The first-order valence-electron chi connectivity index (χ1n) is 5.44. The molecule has 0 fully saturated rings. The van der Waals surface area contributed by atoms with E-state index in [1.54, 1.807) is 12.1 Å². The van der Waals surface area contributed by atoms with Crippen molar-refractivity contribution >= 4 is 17.6 Å². The molecule has 100 valence electrons. The van der Waals surface area contributed by atoms with Crippen LogP contribution in [-0.4, -0.2) is 27.9 Å². The molecule has 0 bridgehead atoms. The van der Waals surface area contributed by atoms with Crippen molar-refractivity contribution < 1.29 is 19.1 Å². The maximum absolute atomic E-state index is 10.3. The van der Waals surface area contributed by atoms with Gasteiger partial charge < -0.3 is 14.3 Å². The van der Waals surface area contributed by atoms with Crippen molar-refractivity contribution in [3.05, 3.63) is 34.7 Å². The first-order chi connectivity index (χ1) is 9.06. The van der Waals surface area contributed by atoms with Gasteiger partial charge in [0.15, 0.2) is 0 Å². The number of ether oxygens (including phenoxy) is 1. The molecule has 1 N–H and O–H groups in total. The van der Waals surface area contributed by atoms with E-state index < -0.39 is 12.6 Å². The summed E-state index contributed by atoms with van der Waals surface area (Å²) in [4.78, 5) is 10.3. The Balaban J connectivity index is 2.12. The van der Waals surface area contributed by atoms with Crippen LogP contribution in [0.2, 0.25) is 5.02 Å². The molecular formula is C12H11ClN2O4. The molecule has 1 heterocycles. The zero-order chi connectivity index (χ0) is 13.8. The first kappa shape index (κ1) is 13.5. The number of carbonyl (C=O) groups is 1. The highest BCUT2D eigenvalue weighted by Gasteiger charge is 2.12. The molecular weight excluding hydrogens is 272 g/mol. The molecule has 7 heteroatoms. The highest BCUT2D eigenvalue weighted by molar-refractivity contribution is 6.30. The lowest BCUT2D eigenvalue weighted by molar-refractivity contribution is -0.142. The Hall–Kier alpha value is -1.92. The maximum Gasteiger partial charge on any atom is 0.329 e. The van der Waals surface area contributed by atoms with Crippen molar-refractivity contribution in [2.45, 2.75) is 13.5 Å². The Kier molecular flexibility index (Phi) is 4.13. The van der Waals surface area contributed by atoms with E-state index in [9.17, 15) is 4.79 Å². The quantitative estimate of drug-likeness (QED) is 0.905. The molecule has 1 aromatic carbocycles. The minimum Gasteiger partial charge on any atom is -0.480 e. The predicted octanol–water partition coefficient (Wildman–Crippen LogP) is 2.30. The Morgan fingerprint density at radius 2 is 2.26 bits per heavy atom. The van der Waals surface area contributed by atoms with Gasteiger partial charge in [-0.05, 0) is 24.6 Å². The van der Waals surface area contributed by atoms with Crippen LogP contribution in [0.15, 0.2) is 22.6 Å². The average Bonchev–Trinajstić information content (AvgIpc) is 2.80. The van der Waals surface area contributed by atoms with Crippen molar-refractivity contribution in [1.29, 1.82) is 0 Å². The van der Waals surface area contributed by atoms with Gasteiger partial charge in [0.05, 0.1) is 0 Å². The topological polar surface area (TPSA) is 85.5 Å². The number of halogens is 1. The third kappa shape index (κ3) is 3.52. The second-order valence-corrected chi connectivity index (χ2v) is 4.28. The van der Waals surface area contributed by atoms with Crippen molar-refractivity contribution in [3.63, 3.8) is 0 Å². The fourth-order valence-corrected chi connectivity index (χ4v) is 1.64. The SMILES string of the molecule is Cc1ccc(Cl)cc1-c1nnc(COCC(=O)O)o1. The number of benzene rings is 1. The van der Waals surface area contributed by atoms with Crippen LogP contribution in [0.5, 0.6) is 0 Å². The molecule has 1 aromatic heterocycles. The summed E-state index contributed by atoms with van der Waals surface area (Å²) in [5.74, 6) is -0.505. The van der Waals surface area contributed by atoms with Crippen molar-refractivity contribution in [1.82, 2.24) is 10.2 Å². The van der Waals surface area contributed by atoms with Gasteiger partial charge in [-0.25, -0.2) is 4.79 Å². The third-order valence-corrected chi connectivity index (χ3v) is 2.58. The van der Waals surface area contributed by atoms with E-state index in [1.807, 2.05) is 13.0 Å². The van der Waals surface area contributed by atoms with Crippen LogP contribution in [0, 0.1) is 6.92 Å². The molecule has 0 radical (unpaired) electrons. The molecule has 0 spiro atoms. The Labute approximate surface area is 114 Å². The van der Waals surface area contributed by atoms with Crippen LogP contribution < -0.4 is 0 Å². The fraction of sp³-hybridized carbons (Fsp3) is 0.250. The number of hydrogen-bond acceptors (Lipinski definition) is 5. The van der Waals surface area contributed by atoms with Gasteiger partial charge in [0, 0.05) is 10.6 Å². The van der Waals surface area contributed by atoms with Gasteiger partial charge in [0.1, 0.15) is 13.2 Å². The van der Waals surface area contributed by atoms with E-state index in [-0.39, 0.29) is 12.5 Å². The summed E-state index contributed by atoms with van der Waals surface area (Å²) in [6, 6.07) is 5.35. The standard InChI is InChI=1S/C12H11ClN2O4/c1-7-2-3-8(13)4-9(7)12-15-14-10(19-12)5-18-6-11(16)17/h2-4H,5-6H2,1H3,(H,16,17). The second kappa shape index (κ2) is 5.81. The summed E-state index contributed by atoms with van der Waals surface area (Å²) in [6.07, 6.45) is 0. The summed E-state index contributed by atoms with van der Waals surface area (Å²) < 4.78 is 10.3. The Morgan fingerprint density at radius 3 is 3.00 bits per heavy atom. The van der Waals surface area contributed by atoms with Gasteiger partial charge in [0.25, 0.3) is 0 Å². The zero-order valence-corrected chi connectivity index (χ0v) is 10.8. The summed E-state index contributed by atoms with van der Waals surface area (Å²) >= 11 is 5.91. The smallest absolute Gasteiger partial charge is 0.329 e. The monoisotopic (exact) mass is 282 g/mol. The molecule has 19 heavy (non-hydrogen) atoms. The highest BCUT2D eigenvalue weighted by atomic mass is 35.5. The Morgan fingerprint density at radius 1 is 1.47 bits per heavy atom. The molecule has 0 saturated heterocycles. The van der Waals surface area contributed by atoms with Gasteiger partial charge in [-0.15, -0.1) is 10.2 Å². The number of aryl methyl sites for hydroxylation is 1. The van der Waals surface area contributed by atoms with Crippen molar-refractivity contribution in [2.75, 3.05) is 6.61 Å². The normalized spacial score (nSPS) is 10.6. The maximum atomic E-state index is 10.3. The number of aromatic nitrogens is 2. The molecule has 0 aliphatic rings. The lowest BCUT2D eigenvalue weighted by Gasteiger charge is -2.00. The molecule has 0 aliphatic carbocycles. The molecule has 0 atom stereocenters. The van der Waals surface area contributed by atoms with Crippen molar-refractivity contribution in [3.8, 4) is 11.5 Å². The van der Waals surface area contributed by atoms with E-state index >= 15 is 0 Å². The van der Waals surface area contributed by atoms with Crippen LogP contribution in [0.1, 0.15) is 11.5 Å². The van der Waals surface area contributed by atoms with Crippen LogP contribution in [0.3, 0.4) is 0 Å². The van der Waals surface area contributed by atoms with Gasteiger partial charge in [-0.1, -0.05) is 17.7 Å². The number of carboxylic acid groups (broad SMARTS) is 1. The molecule has 0 unspecified atom stereocenters. The molecule has 2 aromatic rings. The summed E-state index contributed by atoms with van der Waals surface area (Å²) in [7, 11) is 0. The molecule has 0 saturated carbocycles. The van der Waals surface area contributed by atoms with E-state index in [4.69, 9.17) is 25.9 Å². The number of nitrogens with zero attached hydrogens (tertiary/aromatic N) is 2. The zero-order valence-electron chi connectivity index (χ0n) is 10.1. The average molecular weight is 283 g/mol. The fourth-order valence-electron chi connectivity index (χ4n) is 1.47. The molecule has 6 nitrogen and oxygen atoms in total. The summed E-state index contributed by atoms with van der Waals surface area (Å²) in [6.45, 7) is 1.45. The lowest BCUT2D eigenvalue weighted by atomic mass is 10.1. The van der Waals surface area contributed by atoms with E-state index in [1.165, 1.54) is 0 Å². The van der Waals surface area contributed by atoms with Gasteiger partial charge in [-0.3, -0.25) is 0 Å². The van der Waals surface area contributed by atoms with Gasteiger partial charge >= 0.3 is 5.97 Å². The van der Waals surface area contributed by atoms with Gasteiger partial charge in [0.2, 0.25) is 11.8 Å². The minimum atomic E-state index is -1.05. The van der Waals surface area contributed by atoms with Crippen molar-refractivity contribution in [2.24, 2.45) is 0 Å². The highest BCUT2D eigenvalue weighted by Crippen LogP contribution is 2.25. The van der Waals surface area contributed by atoms with E-state index in [2.05, 4.69) is 10.2 Å². The number of rotatable bonds is 5. The molecule has 2 rings (SSSR count). The summed E-state index contributed by atoms with van der Waals surface area (Å²) in [5, 5.41) is 16.7. The predicted molar refractivity (Wildman–Crippen MR) is 66.8 cm³/mol.